The maximum Gasteiger partial charge on any atom is 2.00 e. The number of pyridine rings is 2. The minimum atomic E-state index is 0. The molecule has 7 heteroatoms. The van der Waals surface area contributed by atoms with E-state index in [1.54, 1.807) is 37.3 Å². The van der Waals surface area contributed by atoms with Crippen LogP contribution in [0.2, 0.25) is 0 Å². The Morgan fingerprint density at radius 3 is 1.60 bits per heavy atom. The van der Waals surface area contributed by atoms with Gasteiger partial charge in [0.1, 0.15) is 0 Å². The van der Waals surface area contributed by atoms with Crippen LogP contribution in [0.3, 0.4) is 0 Å². The minimum Gasteiger partial charge on any atom is -0.449 e. The molecule has 0 aliphatic rings. The molecule has 0 aliphatic carbocycles. The molecular formula is C28H20N6Zn. The number of rotatable bonds is 4. The number of imidazole rings is 2. The van der Waals surface area contributed by atoms with E-state index < -0.39 is 0 Å². The number of aromatic nitrogens is 6. The van der Waals surface area contributed by atoms with Crippen molar-refractivity contribution < 1.29 is 19.5 Å². The van der Waals surface area contributed by atoms with Crippen LogP contribution in [0, 0.1) is 0 Å². The molecule has 0 bridgehead atoms. The molecule has 0 N–H and O–H groups in total. The summed E-state index contributed by atoms with van der Waals surface area (Å²) >= 11 is 0. The molecule has 6 rings (SSSR count). The van der Waals surface area contributed by atoms with Gasteiger partial charge in [-0.3, -0.25) is 9.97 Å². The Morgan fingerprint density at radius 1 is 0.514 bits per heavy atom. The van der Waals surface area contributed by atoms with Crippen LogP contribution in [0.25, 0.3) is 45.2 Å². The van der Waals surface area contributed by atoms with E-state index in [0.29, 0.717) is 0 Å². The van der Waals surface area contributed by atoms with Crippen LogP contribution in [0.15, 0.2) is 122 Å². The molecule has 0 amide bonds. The summed E-state index contributed by atoms with van der Waals surface area (Å²) in [5.41, 5.74) is 6.97. The number of nitrogens with zero attached hydrogens (tertiary/aromatic N) is 6. The predicted octanol–water partition coefficient (Wildman–Crippen LogP) is 5.53. The van der Waals surface area contributed by atoms with E-state index >= 15 is 0 Å². The van der Waals surface area contributed by atoms with Crippen molar-refractivity contribution in [2.24, 2.45) is 0 Å². The van der Waals surface area contributed by atoms with Gasteiger partial charge in [0.15, 0.2) is 0 Å². The van der Waals surface area contributed by atoms with Crippen LogP contribution in [-0.4, -0.2) is 19.9 Å². The minimum absolute atomic E-state index is 0. The van der Waals surface area contributed by atoms with Crippen molar-refractivity contribution >= 4 is 0 Å². The van der Waals surface area contributed by atoms with E-state index in [1.165, 1.54) is 0 Å². The molecule has 0 saturated carbocycles. The van der Waals surface area contributed by atoms with Gasteiger partial charge in [-0.1, -0.05) is 91.4 Å². The number of hydrogen-bond donors (Lipinski definition) is 0. The van der Waals surface area contributed by atoms with Crippen molar-refractivity contribution in [3.63, 3.8) is 0 Å². The summed E-state index contributed by atoms with van der Waals surface area (Å²) in [6.07, 6.45) is 10.3. The first-order valence-electron chi connectivity index (χ1n) is 10.8. The molecule has 0 radical (unpaired) electrons. The van der Waals surface area contributed by atoms with Crippen LogP contribution in [0.5, 0.6) is 0 Å². The molecule has 0 spiro atoms. The quantitative estimate of drug-likeness (QED) is 0.293. The molecule has 164 valence electrons. The first-order valence-corrected chi connectivity index (χ1v) is 10.8. The summed E-state index contributed by atoms with van der Waals surface area (Å²) in [7, 11) is 0. The molecule has 6 aromatic rings. The smallest absolute Gasteiger partial charge is 0.449 e. The van der Waals surface area contributed by atoms with Gasteiger partial charge in [-0.25, -0.2) is 0 Å². The van der Waals surface area contributed by atoms with E-state index in [-0.39, 0.29) is 19.5 Å². The maximum absolute atomic E-state index is 4.37. The topological polar surface area (TPSA) is 79.8 Å². The first-order chi connectivity index (χ1) is 16.9. The summed E-state index contributed by atoms with van der Waals surface area (Å²) in [4.78, 5) is 25.4. The Balaban J connectivity index is 0.000000160. The van der Waals surface area contributed by atoms with Crippen molar-refractivity contribution in [3.8, 4) is 45.2 Å². The third-order valence-corrected chi connectivity index (χ3v) is 5.17. The third-order valence-electron chi connectivity index (χ3n) is 5.17. The van der Waals surface area contributed by atoms with Gasteiger partial charge in [-0.2, -0.15) is 0 Å². The zero-order valence-corrected chi connectivity index (χ0v) is 21.9. The Labute approximate surface area is 216 Å². The molecule has 4 aromatic heterocycles. The molecule has 2 aromatic carbocycles. The Hall–Kier alpha value is -4.22. The van der Waals surface area contributed by atoms with Crippen LogP contribution in [0.4, 0.5) is 0 Å². The van der Waals surface area contributed by atoms with Crippen LogP contribution >= 0.6 is 0 Å². The van der Waals surface area contributed by atoms with Gasteiger partial charge in [0.25, 0.3) is 0 Å². The second-order valence-electron chi connectivity index (χ2n) is 7.31. The second-order valence-corrected chi connectivity index (χ2v) is 7.31. The van der Waals surface area contributed by atoms with E-state index in [2.05, 4.69) is 29.9 Å². The predicted molar refractivity (Wildman–Crippen MR) is 132 cm³/mol. The third kappa shape index (κ3) is 5.65. The normalized spacial score (nSPS) is 10.1. The average Bonchev–Trinajstić information content (AvgIpc) is 3.65. The summed E-state index contributed by atoms with van der Waals surface area (Å²) in [6.45, 7) is 0. The van der Waals surface area contributed by atoms with Crippen LogP contribution < -0.4 is 9.97 Å². The van der Waals surface area contributed by atoms with Crippen molar-refractivity contribution in [2.75, 3.05) is 0 Å². The second kappa shape index (κ2) is 11.8. The van der Waals surface area contributed by atoms with Crippen LogP contribution in [0.1, 0.15) is 0 Å². The SMILES string of the molecule is [Zn+2].c1ccc(-c2ccccc2-c2cnc[n-]2)nc1.c1ccc(-c2ccccc2-c2ncc[n-]2)nc1. The van der Waals surface area contributed by atoms with E-state index in [9.17, 15) is 0 Å². The zero-order chi connectivity index (χ0) is 23.0. The molecule has 0 unspecified atom stereocenters. The summed E-state index contributed by atoms with van der Waals surface area (Å²) < 4.78 is 0. The van der Waals surface area contributed by atoms with E-state index in [0.717, 1.165) is 45.2 Å². The maximum atomic E-state index is 4.37. The first kappa shape index (κ1) is 23.9. The Bertz CT molecular complexity index is 1320. The molecule has 4 heterocycles. The largest absolute Gasteiger partial charge is 2.00 e. The zero-order valence-electron chi connectivity index (χ0n) is 18.9. The van der Waals surface area contributed by atoms with Gasteiger partial charge in [0.2, 0.25) is 0 Å². The van der Waals surface area contributed by atoms with Gasteiger partial charge in [-0.05, 0) is 41.1 Å². The Kier molecular flexibility index (Phi) is 8.05. The van der Waals surface area contributed by atoms with Gasteiger partial charge >= 0.3 is 19.5 Å². The fourth-order valence-electron chi connectivity index (χ4n) is 3.63. The fraction of sp³-hybridized carbons (Fsp3) is 0. The number of hydrogen-bond acceptors (Lipinski definition) is 4. The summed E-state index contributed by atoms with van der Waals surface area (Å²) in [5.74, 6) is 0.742. The van der Waals surface area contributed by atoms with E-state index in [1.807, 2.05) is 84.9 Å². The molecule has 0 aliphatic heterocycles. The molecule has 0 fully saturated rings. The molecule has 0 saturated heterocycles. The van der Waals surface area contributed by atoms with Gasteiger partial charge < -0.3 is 19.9 Å². The van der Waals surface area contributed by atoms with Crippen molar-refractivity contribution in [2.45, 2.75) is 0 Å². The van der Waals surface area contributed by atoms with E-state index in [4.69, 9.17) is 0 Å². The van der Waals surface area contributed by atoms with Crippen LogP contribution in [-0.2, 0) is 19.5 Å². The fourth-order valence-corrected chi connectivity index (χ4v) is 3.63. The van der Waals surface area contributed by atoms with Crippen molar-refractivity contribution in [3.05, 3.63) is 122 Å². The van der Waals surface area contributed by atoms with Crippen molar-refractivity contribution in [1.29, 1.82) is 0 Å². The summed E-state index contributed by atoms with van der Waals surface area (Å²) in [6, 6.07) is 27.9. The molecule has 0 atom stereocenters. The monoisotopic (exact) mass is 504 g/mol. The standard InChI is InChI=1S/2C14H10N3.Zn/c1-2-6-12(14-9-15-10-17-14)11(5-1)13-7-3-4-8-16-13;1-2-6-12(14-16-9-10-17-14)11(5-1)13-7-3-4-8-15-13;/h2*1-10H;/q2*-1;+2. The Morgan fingerprint density at radius 2 is 1.09 bits per heavy atom. The van der Waals surface area contributed by atoms with Gasteiger partial charge in [-0.15, -0.1) is 0 Å². The molecular weight excluding hydrogens is 486 g/mol. The number of benzene rings is 2. The van der Waals surface area contributed by atoms with Gasteiger partial charge in [0, 0.05) is 23.5 Å². The van der Waals surface area contributed by atoms with Crippen molar-refractivity contribution in [1.82, 2.24) is 29.9 Å². The average molecular weight is 506 g/mol. The molecule has 6 nitrogen and oxygen atoms in total. The summed E-state index contributed by atoms with van der Waals surface area (Å²) in [5, 5.41) is 0. The van der Waals surface area contributed by atoms with Gasteiger partial charge in [0.05, 0.1) is 11.4 Å². The molecule has 35 heavy (non-hydrogen) atoms.